The fourth-order valence-corrected chi connectivity index (χ4v) is 4.27. The smallest absolute Gasteiger partial charge is 0.253 e. The van der Waals surface area contributed by atoms with Gasteiger partial charge in [-0.1, -0.05) is 12.1 Å². The first-order valence-corrected chi connectivity index (χ1v) is 12.3. The number of ether oxygens (including phenoxy) is 3. The highest BCUT2D eigenvalue weighted by molar-refractivity contribution is 6.50. The van der Waals surface area contributed by atoms with Crippen molar-refractivity contribution < 1.29 is 28.2 Å². The number of hydrogen-bond donors (Lipinski definition) is 3. The van der Waals surface area contributed by atoms with Gasteiger partial charge in [0.05, 0.1) is 25.9 Å². The lowest BCUT2D eigenvalue weighted by Crippen LogP contribution is -2.57. The van der Waals surface area contributed by atoms with Gasteiger partial charge in [0.15, 0.2) is 11.6 Å². The number of amides is 1. The molecule has 0 radical (unpaired) electrons. The largest absolute Gasteiger partial charge is 0.488 e. The third kappa shape index (κ3) is 6.18. The molecule has 202 valence electrons. The molecule has 38 heavy (non-hydrogen) atoms. The molecular formula is C27H32FN5O5. The SMILES string of the molecule is COCCOc1cc(N)c(C(=N)C(=O)C=C(N)c2ccc(C(=O)N3CCN(C4COC4)CC3)cc2)cc1F. The third-order valence-corrected chi connectivity index (χ3v) is 6.65. The van der Waals surface area contributed by atoms with E-state index in [0.717, 1.165) is 38.4 Å². The van der Waals surface area contributed by atoms with Crippen LogP contribution in [0.25, 0.3) is 5.70 Å². The number of nitrogens with two attached hydrogens (primary N) is 2. The highest BCUT2D eigenvalue weighted by Crippen LogP contribution is 2.25. The molecule has 0 aromatic heterocycles. The molecule has 0 spiro atoms. The molecule has 0 bridgehead atoms. The lowest BCUT2D eigenvalue weighted by molar-refractivity contribution is -0.108. The van der Waals surface area contributed by atoms with Crippen molar-refractivity contribution in [1.29, 1.82) is 5.41 Å². The van der Waals surface area contributed by atoms with Gasteiger partial charge in [0.2, 0.25) is 5.78 Å². The zero-order chi connectivity index (χ0) is 27.2. The molecule has 2 aromatic rings. The number of halogens is 1. The molecule has 2 aliphatic heterocycles. The standard InChI is InChI=1S/C27H32FN5O5/c1-36-10-11-38-25-14-23(30)20(12-21(25)28)26(31)24(34)13-22(29)17-2-4-18(5-3-17)27(35)33-8-6-32(7-9-33)19-15-37-16-19/h2-5,12-14,19,31H,6-11,15-16,29-30H2,1H3. The first-order valence-electron chi connectivity index (χ1n) is 12.3. The summed E-state index contributed by atoms with van der Waals surface area (Å²) in [6, 6.07) is 9.30. The third-order valence-electron chi connectivity index (χ3n) is 6.65. The Balaban J connectivity index is 1.37. The van der Waals surface area contributed by atoms with Crippen molar-refractivity contribution in [3.05, 3.63) is 65.0 Å². The van der Waals surface area contributed by atoms with Crippen LogP contribution in [0.4, 0.5) is 10.1 Å². The first-order chi connectivity index (χ1) is 18.3. The topological polar surface area (TPSA) is 144 Å². The summed E-state index contributed by atoms with van der Waals surface area (Å²) in [5.41, 5.74) is 12.6. The van der Waals surface area contributed by atoms with Crippen molar-refractivity contribution in [2.24, 2.45) is 5.73 Å². The van der Waals surface area contributed by atoms with Crippen LogP contribution < -0.4 is 16.2 Å². The molecule has 10 nitrogen and oxygen atoms in total. The van der Waals surface area contributed by atoms with Gasteiger partial charge in [-0.25, -0.2) is 4.39 Å². The van der Waals surface area contributed by atoms with E-state index in [1.807, 2.05) is 4.90 Å². The number of rotatable bonds is 10. The van der Waals surface area contributed by atoms with Crippen molar-refractivity contribution in [2.45, 2.75) is 6.04 Å². The fourth-order valence-electron chi connectivity index (χ4n) is 4.27. The number of nitrogen functional groups attached to an aromatic ring is 1. The monoisotopic (exact) mass is 525 g/mol. The van der Waals surface area contributed by atoms with E-state index in [1.165, 1.54) is 13.2 Å². The van der Waals surface area contributed by atoms with Gasteiger partial charge in [0.1, 0.15) is 12.3 Å². The molecule has 11 heteroatoms. The van der Waals surface area contributed by atoms with Crippen LogP contribution in [0, 0.1) is 11.2 Å². The van der Waals surface area contributed by atoms with E-state index in [2.05, 4.69) is 4.90 Å². The lowest BCUT2D eigenvalue weighted by atomic mass is 10.0. The number of hydrogen-bond acceptors (Lipinski definition) is 9. The molecule has 1 amide bonds. The van der Waals surface area contributed by atoms with Gasteiger partial charge < -0.3 is 30.6 Å². The Kier molecular flexibility index (Phi) is 8.72. The Morgan fingerprint density at radius 3 is 2.37 bits per heavy atom. The highest BCUT2D eigenvalue weighted by Gasteiger charge is 2.30. The number of nitrogens with one attached hydrogen (secondary N) is 1. The zero-order valence-corrected chi connectivity index (χ0v) is 21.2. The van der Waals surface area contributed by atoms with Crippen LogP contribution in [-0.2, 0) is 14.3 Å². The number of nitrogens with zero attached hydrogens (tertiary/aromatic N) is 2. The van der Waals surface area contributed by atoms with Crippen molar-refractivity contribution >= 4 is 28.8 Å². The molecule has 2 aromatic carbocycles. The number of piperazine rings is 1. The molecule has 2 fully saturated rings. The van der Waals surface area contributed by atoms with Crippen LogP contribution in [0.1, 0.15) is 21.5 Å². The van der Waals surface area contributed by atoms with Gasteiger partial charge in [-0.05, 0) is 23.8 Å². The molecule has 0 atom stereocenters. The number of ketones is 1. The minimum absolute atomic E-state index is 0.0221. The summed E-state index contributed by atoms with van der Waals surface area (Å²) in [6.07, 6.45) is 1.09. The molecule has 0 unspecified atom stereocenters. The number of benzene rings is 2. The lowest BCUT2D eigenvalue weighted by Gasteiger charge is -2.42. The summed E-state index contributed by atoms with van der Waals surface area (Å²) in [5.74, 6) is -1.65. The molecule has 2 aliphatic rings. The summed E-state index contributed by atoms with van der Waals surface area (Å²) in [6.45, 7) is 4.85. The number of methoxy groups -OCH3 is 1. The summed E-state index contributed by atoms with van der Waals surface area (Å²) < 4.78 is 29.8. The summed E-state index contributed by atoms with van der Waals surface area (Å²) in [4.78, 5) is 29.8. The highest BCUT2D eigenvalue weighted by atomic mass is 19.1. The predicted molar refractivity (Wildman–Crippen MR) is 141 cm³/mol. The van der Waals surface area contributed by atoms with E-state index >= 15 is 0 Å². The Hall–Kier alpha value is -3.80. The van der Waals surface area contributed by atoms with E-state index in [0.29, 0.717) is 30.3 Å². The summed E-state index contributed by atoms with van der Waals surface area (Å²) in [7, 11) is 1.49. The second-order valence-corrected chi connectivity index (χ2v) is 9.15. The molecule has 5 N–H and O–H groups in total. The van der Waals surface area contributed by atoms with Crippen LogP contribution >= 0.6 is 0 Å². The molecule has 4 rings (SSSR count). The maximum absolute atomic E-state index is 14.4. The summed E-state index contributed by atoms with van der Waals surface area (Å²) >= 11 is 0. The van der Waals surface area contributed by atoms with Gasteiger partial charge in [-0.2, -0.15) is 0 Å². The fraction of sp³-hybridized carbons (Fsp3) is 0.370. The van der Waals surface area contributed by atoms with Gasteiger partial charge >= 0.3 is 0 Å². The Morgan fingerprint density at radius 1 is 1.11 bits per heavy atom. The van der Waals surface area contributed by atoms with Crippen molar-refractivity contribution in [3.63, 3.8) is 0 Å². The maximum Gasteiger partial charge on any atom is 0.253 e. The molecule has 2 heterocycles. The van der Waals surface area contributed by atoms with Gasteiger partial charge in [0, 0.05) is 67.9 Å². The average molecular weight is 526 g/mol. The van der Waals surface area contributed by atoms with E-state index in [4.69, 9.17) is 31.1 Å². The van der Waals surface area contributed by atoms with Crippen LogP contribution in [0.2, 0.25) is 0 Å². The number of carbonyl (C=O) groups excluding carboxylic acids is 2. The maximum atomic E-state index is 14.4. The Bertz CT molecular complexity index is 1220. The average Bonchev–Trinajstić information content (AvgIpc) is 2.89. The first kappa shape index (κ1) is 27.2. The minimum Gasteiger partial charge on any atom is -0.488 e. The second kappa shape index (κ2) is 12.2. The number of carbonyl (C=O) groups is 2. The van der Waals surface area contributed by atoms with Crippen molar-refractivity contribution in [2.75, 3.05) is 65.5 Å². The van der Waals surface area contributed by atoms with Crippen LogP contribution in [-0.4, -0.2) is 93.0 Å². The number of allylic oxidation sites excluding steroid dienone is 1. The van der Waals surface area contributed by atoms with Crippen LogP contribution in [0.15, 0.2) is 42.5 Å². The predicted octanol–water partition coefficient (Wildman–Crippen LogP) is 1.53. The molecular weight excluding hydrogens is 493 g/mol. The van der Waals surface area contributed by atoms with E-state index in [9.17, 15) is 14.0 Å². The van der Waals surface area contributed by atoms with Crippen LogP contribution in [0.3, 0.4) is 0 Å². The van der Waals surface area contributed by atoms with Gasteiger partial charge in [0.25, 0.3) is 5.91 Å². The van der Waals surface area contributed by atoms with E-state index < -0.39 is 17.3 Å². The number of anilines is 1. The van der Waals surface area contributed by atoms with E-state index in [1.54, 1.807) is 24.3 Å². The Morgan fingerprint density at radius 2 is 1.76 bits per heavy atom. The summed E-state index contributed by atoms with van der Waals surface area (Å²) in [5, 5.41) is 8.21. The Labute approximate surface area is 220 Å². The quantitative estimate of drug-likeness (QED) is 0.183. The zero-order valence-electron chi connectivity index (χ0n) is 21.2. The second-order valence-electron chi connectivity index (χ2n) is 9.15. The van der Waals surface area contributed by atoms with Gasteiger partial charge in [-0.15, -0.1) is 0 Å². The van der Waals surface area contributed by atoms with Crippen molar-refractivity contribution in [1.82, 2.24) is 9.80 Å². The van der Waals surface area contributed by atoms with E-state index in [-0.39, 0.29) is 41.8 Å². The molecule has 0 saturated carbocycles. The van der Waals surface area contributed by atoms with Crippen LogP contribution in [0.5, 0.6) is 5.75 Å². The molecule has 2 saturated heterocycles. The molecule has 0 aliphatic carbocycles. The van der Waals surface area contributed by atoms with Gasteiger partial charge in [-0.3, -0.25) is 19.9 Å². The van der Waals surface area contributed by atoms with Crippen molar-refractivity contribution in [3.8, 4) is 5.75 Å². The normalized spacial score (nSPS) is 16.7. The minimum atomic E-state index is -0.751.